The van der Waals surface area contributed by atoms with Crippen molar-refractivity contribution in [2.24, 2.45) is 0 Å². The fraction of sp³-hybridized carbons (Fsp3) is 0.0545. The van der Waals surface area contributed by atoms with Crippen LogP contribution in [-0.2, 0) is 0 Å². The van der Waals surface area contributed by atoms with E-state index < -0.39 is 0 Å². The molecule has 0 aliphatic rings. The van der Waals surface area contributed by atoms with Gasteiger partial charge in [-0.15, -0.1) is 6.58 Å². The molecule has 61 heavy (non-hydrogen) atoms. The van der Waals surface area contributed by atoms with Crippen molar-refractivity contribution in [3.05, 3.63) is 208 Å². The molecular formula is C55H44N6. The predicted molar refractivity (Wildman–Crippen MR) is 255 cm³/mol. The van der Waals surface area contributed by atoms with Crippen LogP contribution in [0.15, 0.2) is 208 Å². The Hall–Kier alpha value is -7.96. The summed E-state index contributed by atoms with van der Waals surface area (Å²) in [6, 6.07) is 56.0. The maximum atomic E-state index is 4.92. The van der Waals surface area contributed by atoms with Gasteiger partial charge in [-0.1, -0.05) is 86.7 Å². The highest BCUT2D eigenvalue weighted by molar-refractivity contribution is 6.10. The van der Waals surface area contributed by atoms with Crippen LogP contribution in [-0.4, -0.2) is 29.1 Å². The first-order valence-corrected chi connectivity index (χ1v) is 20.7. The zero-order valence-corrected chi connectivity index (χ0v) is 34.4. The maximum absolute atomic E-state index is 4.92. The van der Waals surface area contributed by atoms with Crippen LogP contribution in [0.5, 0.6) is 0 Å². The molecule has 0 unspecified atom stereocenters. The Morgan fingerprint density at radius 3 is 1.20 bits per heavy atom. The molecule has 0 aliphatic heterocycles. The summed E-state index contributed by atoms with van der Waals surface area (Å²) in [4.78, 5) is 18.5. The molecule has 5 aromatic carbocycles. The first kappa shape index (κ1) is 38.6. The molecule has 0 spiro atoms. The van der Waals surface area contributed by atoms with Gasteiger partial charge < -0.3 is 9.13 Å². The number of rotatable bonds is 6. The highest BCUT2D eigenvalue weighted by atomic mass is 15.0. The molecule has 6 aromatic heterocycles. The molecule has 6 heteroatoms. The van der Waals surface area contributed by atoms with E-state index >= 15 is 0 Å². The lowest BCUT2D eigenvalue weighted by molar-refractivity contribution is 1.13. The molecule has 6 nitrogen and oxygen atoms in total. The molecule has 11 rings (SSSR count). The van der Waals surface area contributed by atoms with Crippen molar-refractivity contribution in [1.29, 1.82) is 0 Å². The van der Waals surface area contributed by atoms with E-state index in [-0.39, 0.29) is 0 Å². The summed E-state index contributed by atoms with van der Waals surface area (Å²) in [6.07, 6.45) is 12.9. The van der Waals surface area contributed by atoms with Crippen LogP contribution in [0, 0.1) is 0 Å². The zero-order chi connectivity index (χ0) is 41.7. The van der Waals surface area contributed by atoms with Crippen molar-refractivity contribution < 1.29 is 0 Å². The number of allylic oxidation sites excluding steroid dienone is 1. The fourth-order valence-electron chi connectivity index (χ4n) is 8.18. The van der Waals surface area contributed by atoms with Crippen LogP contribution < -0.4 is 0 Å². The van der Waals surface area contributed by atoms with Gasteiger partial charge in [0.1, 0.15) is 0 Å². The van der Waals surface area contributed by atoms with Crippen LogP contribution in [0.2, 0.25) is 0 Å². The minimum Gasteiger partial charge on any atom is -0.308 e. The number of hydrogen-bond acceptors (Lipinski definition) is 4. The maximum Gasteiger partial charge on any atom is 0.0963 e. The molecule has 0 bridgehead atoms. The van der Waals surface area contributed by atoms with E-state index in [4.69, 9.17) is 9.97 Å². The van der Waals surface area contributed by atoms with Gasteiger partial charge in [0.15, 0.2) is 0 Å². The van der Waals surface area contributed by atoms with Gasteiger partial charge in [0.05, 0.1) is 33.1 Å². The molecular weight excluding hydrogens is 745 g/mol. The van der Waals surface area contributed by atoms with Gasteiger partial charge in [-0.2, -0.15) is 0 Å². The summed E-state index contributed by atoms with van der Waals surface area (Å²) in [5.74, 6) is 0. The minimum atomic E-state index is 0.972. The molecule has 11 aromatic rings. The fourth-order valence-corrected chi connectivity index (χ4v) is 8.18. The SMILES string of the molecule is C=CC.CC.c1cncc(-c2cccc(-c3ccc4c(c3)c3ncccc3n4-c3cccc(-n4c5ccc(-c6cccc(-c7cccnc7)c6)cc5c5ncccc54)c3)c2)c1. The molecule has 0 aliphatic carbocycles. The van der Waals surface area contributed by atoms with Crippen molar-refractivity contribution in [3.63, 3.8) is 0 Å². The number of nitrogens with zero attached hydrogens (tertiary/aromatic N) is 6. The van der Waals surface area contributed by atoms with Gasteiger partial charge in [-0.05, 0) is 131 Å². The van der Waals surface area contributed by atoms with E-state index in [9.17, 15) is 0 Å². The molecule has 0 N–H and O–H groups in total. The van der Waals surface area contributed by atoms with E-state index in [1.54, 1.807) is 18.5 Å². The summed E-state index contributed by atoms with van der Waals surface area (Å²) in [6.45, 7) is 9.25. The van der Waals surface area contributed by atoms with Crippen LogP contribution in [0.3, 0.4) is 0 Å². The molecule has 0 radical (unpaired) electrons. The summed E-state index contributed by atoms with van der Waals surface area (Å²) in [5.41, 5.74) is 17.4. The minimum absolute atomic E-state index is 0.972. The largest absolute Gasteiger partial charge is 0.308 e. The smallest absolute Gasteiger partial charge is 0.0963 e. The Balaban J connectivity index is 0.000000914. The van der Waals surface area contributed by atoms with E-state index in [2.05, 4.69) is 159 Å². The van der Waals surface area contributed by atoms with E-state index in [0.717, 1.165) is 99.8 Å². The lowest BCUT2D eigenvalue weighted by Gasteiger charge is -2.13. The second kappa shape index (κ2) is 17.1. The Morgan fingerprint density at radius 2 is 0.770 bits per heavy atom. The molecule has 6 heterocycles. The average molecular weight is 789 g/mol. The highest BCUT2D eigenvalue weighted by Gasteiger charge is 2.18. The third-order valence-corrected chi connectivity index (χ3v) is 10.8. The molecule has 0 saturated carbocycles. The second-order valence-corrected chi connectivity index (χ2v) is 14.5. The van der Waals surface area contributed by atoms with Gasteiger partial charge in [0.2, 0.25) is 0 Å². The number of benzene rings is 5. The number of aromatic nitrogens is 6. The highest BCUT2D eigenvalue weighted by Crippen LogP contribution is 2.38. The van der Waals surface area contributed by atoms with E-state index in [1.165, 1.54) is 0 Å². The van der Waals surface area contributed by atoms with Crippen LogP contribution in [0.25, 0.3) is 99.8 Å². The normalized spacial score (nSPS) is 10.9. The topological polar surface area (TPSA) is 61.4 Å². The quantitative estimate of drug-likeness (QED) is 0.157. The van der Waals surface area contributed by atoms with Crippen molar-refractivity contribution in [3.8, 4) is 55.9 Å². The summed E-state index contributed by atoms with van der Waals surface area (Å²) >= 11 is 0. The standard InChI is InChI=1S/C50H32N6.C3H6.C2H6/c1-8-33(26-35(10-1)39-12-4-22-51-31-39)37-18-20-45-43(28-37)49-47(16-6-24-53-49)55(45)41-14-3-15-42(30-41)56-46-21-19-38(29-44(46)50-48(56)17-7-25-54-50)34-9-2-11-36(27-34)40-13-5-23-52-32-40;1-3-2;1-2/h1-32H;3H,1H2,2H3;1-2H3. The molecule has 0 amide bonds. The predicted octanol–water partition coefficient (Wildman–Crippen LogP) is 14.3. The van der Waals surface area contributed by atoms with Gasteiger partial charge in [0, 0.05) is 70.5 Å². The molecule has 0 fully saturated rings. The summed E-state index contributed by atoms with van der Waals surface area (Å²) in [5, 5.41) is 2.22. The Bertz CT molecular complexity index is 3090. The number of hydrogen-bond donors (Lipinski definition) is 0. The molecule has 294 valence electrons. The number of fused-ring (bicyclic) bond motifs is 6. The third kappa shape index (κ3) is 7.25. The molecule has 0 atom stereocenters. The Morgan fingerprint density at radius 1 is 0.393 bits per heavy atom. The van der Waals surface area contributed by atoms with Gasteiger partial charge in [0.25, 0.3) is 0 Å². The van der Waals surface area contributed by atoms with Gasteiger partial charge in [-0.25, -0.2) is 0 Å². The van der Waals surface area contributed by atoms with Crippen molar-refractivity contribution in [1.82, 2.24) is 29.1 Å². The van der Waals surface area contributed by atoms with Crippen molar-refractivity contribution in [2.45, 2.75) is 20.8 Å². The van der Waals surface area contributed by atoms with Crippen molar-refractivity contribution >= 4 is 43.9 Å². The molecule has 0 saturated heterocycles. The van der Waals surface area contributed by atoms with Crippen LogP contribution in [0.4, 0.5) is 0 Å². The van der Waals surface area contributed by atoms with Crippen LogP contribution >= 0.6 is 0 Å². The second-order valence-electron chi connectivity index (χ2n) is 14.5. The Kier molecular flexibility index (Phi) is 10.8. The first-order valence-electron chi connectivity index (χ1n) is 20.7. The lowest BCUT2D eigenvalue weighted by atomic mass is 9.99. The number of pyridine rings is 4. The average Bonchev–Trinajstić information content (AvgIpc) is 3.85. The first-order chi connectivity index (χ1) is 30.2. The monoisotopic (exact) mass is 788 g/mol. The van der Waals surface area contributed by atoms with Crippen molar-refractivity contribution in [2.75, 3.05) is 0 Å². The zero-order valence-electron chi connectivity index (χ0n) is 34.4. The van der Waals surface area contributed by atoms with E-state index in [0.29, 0.717) is 0 Å². The van der Waals surface area contributed by atoms with E-state index in [1.807, 2.05) is 69.8 Å². The summed E-state index contributed by atoms with van der Waals surface area (Å²) in [7, 11) is 0. The Labute approximate surface area is 355 Å². The van der Waals surface area contributed by atoms with Crippen LogP contribution in [0.1, 0.15) is 20.8 Å². The third-order valence-electron chi connectivity index (χ3n) is 10.8. The summed E-state index contributed by atoms with van der Waals surface area (Å²) < 4.78 is 4.66. The van der Waals surface area contributed by atoms with Gasteiger partial charge in [-0.3, -0.25) is 19.9 Å². The lowest BCUT2D eigenvalue weighted by Crippen LogP contribution is -1.98. The van der Waals surface area contributed by atoms with Gasteiger partial charge >= 0.3 is 0 Å².